The minimum Gasteiger partial charge on any atom is -0.461 e. The first-order chi connectivity index (χ1) is 17.1. The number of nitrogens with zero attached hydrogens (tertiary/aromatic N) is 3. The molecule has 10 nitrogen and oxygen atoms in total. The van der Waals surface area contributed by atoms with Crippen LogP contribution >= 0.6 is 0 Å². The number of carbonyl (C=O) groups excluding carboxylic acids is 2. The second-order valence-corrected chi connectivity index (χ2v) is 6.84. The molecule has 0 saturated carbocycles. The molecule has 178 valence electrons. The molecule has 3 N–H and O–H groups in total. The summed E-state index contributed by atoms with van der Waals surface area (Å²) >= 11 is 0. The average Bonchev–Trinajstić information content (AvgIpc) is 3.31. The lowest BCUT2D eigenvalue weighted by Crippen LogP contribution is -2.20. The molecule has 0 aliphatic heterocycles. The fourth-order valence-corrected chi connectivity index (χ4v) is 3.01. The molecule has 0 aliphatic rings. The van der Waals surface area contributed by atoms with Crippen molar-refractivity contribution in [2.24, 2.45) is 0 Å². The van der Waals surface area contributed by atoms with Crippen molar-refractivity contribution in [3.8, 4) is 17.3 Å². The normalized spacial score (nSPS) is 11.3. The van der Waals surface area contributed by atoms with Gasteiger partial charge in [-0.25, -0.2) is 9.59 Å². The van der Waals surface area contributed by atoms with Gasteiger partial charge in [-0.15, -0.1) is 0 Å². The Labute approximate surface area is 202 Å². The molecule has 10 heteroatoms. The van der Waals surface area contributed by atoms with Crippen molar-refractivity contribution in [1.82, 2.24) is 20.3 Å². The minimum absolute atomic E-state index is 0.00138. The Morgan fingerprint density at radius 3 is 2.43 bits per heavy atom. The molecule has 0 unspecified atom stereocenters. The van der Waals surface area contributed by atoms with E-state index in [1.165, 1.54) is 12.4 Å². The van der Waals surface area contributed by atoms with E-state index in [0.29, 0.717) is 22.6 Å². The van der Waals surface area contributed by atoms with Gasteiger partial charge in [0, 0.05) is 36.6 Å². The number of rotatable bonds is 10. The summed E-state index contributed by atoms with van der Waals surface area (Å²) in [5, 5.41) is 15.3. The van der Waals surface area contributed by atoms with E-state index in [2.05, 4.69) is 25.6 Å². The largest absolute Gasteiger partial charge is 0.461 e. The van der Waals surface area contributed by atoms with Crippen molar-refractivity contribution in [2.75, 3.05) is 18.5 Å². The number of anilines is 1. The van der Waals surface area contributed by atoms with E-state index < -0.39 is 11.9 Å². The maximum Gasteiger partial charge on any atom is 0.356 e. The molecule has 3 heterocycles. The summed E-state index contributed by atoms with van der Waals surface area (Å²) in [6, 6.07) is 12.6. The predicted molar refractivity (Wildman–Crippen MR) is 129 cm³/mol. The fraction of sp³-hybridized carbons (Fsp3) is 0.160. The van der Waals surface area contributed by atoms with Gasteiger partial charge in [-0.1, -0.05) is 12.1 Å². The molecule has 0 atom stereocenters. The van der Waals surface area contributed by atoms with Crippen molar-refractivity contribution in [2.45, 2.75) is 13.8 Å². The molecule has 0 fully saturated rings. The number of pyridine rings is 2. The minimum atomic E-state index is -0.665. The smallest absolute Gasteiger partial charge is 0.356 e. The molecule has 3 rings (SSSR count). The number of nitriles is 1. The molecular weight excluding hydrogens is 448 g/mol. The van der Waals surface area contributed by atoms with E-state index in [1.54, 1.807) is 62.8 Å². The van der Waals surface area contributed by atoms with Gasteiger partial charge in [-0.2, -0.15) is 5.26 Å². The van der Waals surface area contributed by atoms with Crippen LogP contribution in [-0.4, -0.2) is 40.1 Å². The average molecular weight is 473 g/mol. The van der Waals surface area contributed by atoms with Gasteiger partial charge in [-0.3, -0.25) is 9.97 Å². The van der Waals surface area contributed by atoms with Crippen LogP contribution in [0, 0.1) is 11.3 Å². The van der Waals surface area contributed by atoms with Crippen molar-refractivity contribution in [3.05, 3.63) is 84.5 Å². The monoisotopic (exact) mass is 472 g/mol. The number of hydrogen-bond donors (Lipinski definition) is 3. The van der Waals surface area contributed by atoms with Crippen LogP contribution in [-0.2, 0) is 14.3 Å². The van der Waals surface area contributed by atoms with Gasteiger partial charge in [0.05, 0.1) is 35.9 Å². The number of esters is 2. The lowest BCUT2D eigenvalue weighted by atomic mass is 10.1. The number of hydrogen-bond acceptors (Lipinski definition) is 9. The SMILES string of the molecule is CCOC(=O)/C(=C/Nc1c(-c2ccccn2)c[nH]c1C(=O)OCC)N/C=C(/C#N)c1ccccn1. The number of allylic oxidation sites excluding steroid dienone is 1. The third-order valence-corrected chi connectivity index (χ3v) is 4.59. The number of aromatic nitrogens is 3. The third kappa shape index (κ3) is 6.33. The van der Waals surface area contributed by atoms with Gasteiger partial charge in [0.15, 0.2) is 0 Å². The van der Waals surface area contributed by atoms with E-state index in [4.69, 9.17) is 9.47 Å². The predicted octanol–water partition coefficient (Wildman–Crippen LogP) is 3.62. The Balaban J connectivity index is 1.98. The Morgan fingerprint density at radius 1 is 1.06 bits per heavy atom. The maximum atomic E-state index is 12.6. The lowest BCUT2D eigenvalue weighted by Gasteiger charge is -2.11. The molecule has 3 aromatic rings. The van der Waals surface area contributed by atoms with E-state index >= 15 is 0 Å². The van der Waals surface area contributed by atoms with E-state index in [1.807, 2.05) is 12.1 Å². The Bertz CT molecular complexity index is 1260. The lowest BCUT2D eigenvalue weighted by molar-refractivity contribution is -0.138. The van der Waals surface area contributed by atoms with Crippen LogP contribution in [0.5, 0.6) is 0 Å². The highest BCUT2D eigenvalue weighted by atomic mass is 16.5. The van der Waals surface area contributed by atoms with Gasteiger partial charge in [0.25, 0.3) is 0 Å². The Hall–Kier alpha value is -4.91. The molecule has 0 bridgehead atoms. The Morgan fingerprint density at radius 2 is 1.80 bits per heavy atom. The fourth-order valence-electron chi connectivity index (χ4n) is 3.01. The van der Waals surface area contributed by atoms with Crippen LogP contribution in [0.1, 0.15) is 30.0 Å². The van der Waals surface area contributed by atoms with Crippen molar-refractivity contribution < 1.29 is 19.1 Å². The van der Waals surface area contributed by atoms with Crippen LogP contribution < -0.4 is 10.6 Å². The molecule has 0 radical (unpaired) electrons. The second kappa shape index (κ2) is 12.4. The number of nitrogens with one attached hydrogen (secondary N) is 3. The quantitative estimate of drug-likeness (QED) is 0.229. The maximum absolute atomic E-state index is 12.6. The molecule has 0 saturated heterocycles. The summed E-state index contributed by atoms with van der Waals surface area (Å²) in [5.41, 5.74) is 2.36. The van der Waals surface area contributed by atoms with Crippen molar-refractivity contribution in [1.29, 1.82) is 5.26 Å². The summed E-state index contributed by atoms with van der Waals surface area (Å²) in [6.45, 7) is 3.72. The standard InChI is InChI=1S/C25H24N6O4/c1-3-34-24(32)21(29-14-17(13-26)19-9-5-7-11-27-19)16-31-22-18(20-10-6-8-12-28-20)15-30-23(22)25(33)35-4-2/h5-12,14-16,29-31H,3-4H2,1-2H3/b17-14-,21-16-. The Kier molecular flexibility index (Phi) is 8.73. The van der Waals surface area contributed by atoms with E-state index in [-0.39, 0.29) is 30.2 Å². The first-order valence-electron chi connectivity index (χ1n) is 10.8. The number of ether oxygens (including phenoxy) is 2. The van der Waals surface area contributed by atoms with E-state index in [0.717, 1.165) is 0 Å². The molecule has 35 heavy (non-hydrogen) atoms. The number of H-pyrrole nitrogens is 1. The zero-order chi connectivity index (χ0) is 25.0. The van der Waals surface area contributed by atoms with Crippen LogP contribution in [0.3, 0.4) is 0 Å². The third-order valence-electron chi connectivity index (χ3n) is 4.59. The van der Waals surface area contributed by atoms with Gasteiger partial charge >= 0.3 is 11.9 Å². The van der Waals surface area contributed by atoms with Crippen LogP contribution in [0.25, 0.3) is 16.8 Å². The highest BCUT2D eigenvalue weighted by Gasteiger charge is 2.20. The molecular formula is C25H24N6O4. The summed E-state index contributed by atoms with van der Waals surface area (Å²) in [6.07, 6.45) is 7.52. The topological polar surface area (TPSA) is 142 Å². The summed E-state index contributed by atoms with van der Waals surface area (Å²) in [4.78, 5) is 36.5. The highest BCUT2D eigenvalue weighted by Crippen LogP contribution is 2.30. The first kappa shape index (κ1) is 24.7. The summed E-state index contributed by atoms with van der Waals surface area (Å²) in [7, 11) is 0. The van der Waals surface area contributed by atoms with Gasteiger partial charge in [0.2, 0.25) is 0 Å². The zero-order valence-electron chi connectivity index (χ0n) is 19.2. The summed E-state index contributed by atoms with van der Waals surface area (Å²) < 4.78 is 10.3. The van der Waals surface area contributed by atoms with Gasteiger partial charge in [0.1, 0.15) is 17.5 Å². The number of carbonyl (C=O) groups is 2. The van der Waals surface area contributed by atoms with Crippen LogP contribution in [0.4, 0.5) is 5.69 Å². The van der Waals surface area contributed by atoms with Crippen LogP contribution in [0.2, 0.25) is 0 Å². The highest BCUT2D eigenvalue weighted by molar-refractivity contribution is 5.99. The second-order valence-electron chi connectivity index (χ2n) is 6.84. The molecule has 0 spiro atoms. The molecule has 0 aliphatic carbocycles. The van der Waals surface area contributed by atoms with E-state index in [9.17, 15) is 14.9 Å². The number of aromatic amines is 1. The van der Waals surface area contributed by atoms with Crippen LogP contribution in [0.15, 0.2) is 73.1 Å². The molecule has 3 aromatic heterocycles. The summed E-state index contributed by atoms with van der Waals surface area (Å²) in [5.74, 6) is -1.24. The van der Waals surface area contributed by atoms with Crippen molar-refractivity contribution >= 4 is 23.2 Å². The first-order valence-corrected chi connectivity index (χ1v) is 10.8. The zero-order valence-corrected chi connectivity index (χ0v) is 19.2. The van der Waals surface area contributed by atoms with Gasteiger partial charge in [-0.05, 0) is 38.1 Å². The molecule has 0 aromatic carbocycles. The van der Waals surface area contributed by atoms with Crippen molar-refractivity contribution in [3.63, 3.8) is 0 Å². The molecule has 0 amide bonds. The van der Waals surface area contributed by atoms with Gasteiger partial charge < -0.3 is 25.1 Å².